The molecule has 0 unspecified atom stereocenters. The molecule has 2 aliphatic rings. The van der Waals surface area contributed by atoms with Crippen molar-refractivity contribution in [3.05, 3.63) is 76.8 Å². The lowest BCUT2D eigenvalue weighted by atomic mass is 9.72. The molecule has 0 atom stereocenters. The topological polar surface area (TPSA) is 126 Å². The number of nitrogens with zero attached hydrogens (tertiary/aromatic N) is 5. The van der Waals surface area contributed by atoms with Crippen molar-refractivity contribution in [2.75, 3.05) is 36.4 Å². The molecule has 2 fully saturated rings. The van der Waals surface area contributed by atoms with Crippen molar-refractivity contribution < 1.29 is 17.6 Å². The number of hydrogen-bond acceptors (Lipinski definition) is 7. The Labute approximate surface area is 222 Å². The summed E-state index contributed by atoms with van der Waals surface area (Å²) in [6.45, 7) is 4.53. The molecule has 2 aliphatic heterocycles. The van der Waals surface area contributed by atoms with Crippen LogP contribution < -0.4 is 15.4 Å². The first kappa shape index (κ1) is 24.6. The first-order valence-corrected chi connectivity index (χ1v) is 13.7. The largest absolute Gasteiger partial charge is 0.370 e. The molecular formula is C25H23ClFN7O3S. The van der Waals surface area contributed by atoms with Gasteiger partial charge in [0.05, 0.1) is 16.9 Å². The third-order valence-electron chi connectivity index (χ3n) is 6.99. The van der Waals surface area contributed by atoms with Crippen LogP contribution in [0.15, 0.2) is 59.8 Å². The summed E-state index contributed by atoms with van der Waals surface area (Å²) in [5.74, 6) is -0.325. The molecule has 4 heterocycles. The van der Waals surface area contributed by atoms with Crippen molar-refractivity contribution in [3.8, 4) is 0 Å². The summed E-state index contributed by atoms with van der Waals surface area (Å²) in [7, 11) is -4.10. The normalized spacial score (nSPS) is 16.4. The lowest BCUT2D eigenvalue weighted by molar-refractivity contribution is -0.0104. The molecule has 0 saturated carbocycles. The average Bonchev–Trinajstić information content (AvgIpc) is 3.26. The number of aromatic nitrogens is 3. The van der Waals surface area contributed by atoms with E-state index in [0.717, 1.165) is 30.5 Å². The van der Waals surface area contributed by atoms with Crippen LogP contribution in [0.25, 0.3) is 5.65 Å². The third kappa shape index (κ3) is 4.14. The van der Waals surface area contributed by atoms with Crippen LogP contribution >= 0.6 is 11.6 Å². The maximum Gasteiger partial charge on any atom is 0.259 e. The summed E-state index contributed by atoms with van der Waals surface area (Å²) >= 11 is 6.40. The van der Waals surface area contributed by atoms with E-state index in [0.29, 0.717) is 23.8 Å². The zero-order valence-corrected chi connectivity index (χ0v) is 21.8. The van der Waals surface area contributed by atoms with E-state index in [4.69, 9.17) is 16.7 Å². The lowest BCUT2D eigenvalue weighted by Crippen LogP contribution is -2.73. The van der Waals surface area contributed by atoms with E-state index in [2.05, 4.69) is 20.3 Å². The Morgan fingerprint density at radius 2 is 1.82 bits per heavy atom. The number of benzene rings is 2. The van der Waals surface area contributed by atoms with Gasteiger partial charge in [-0.1, -0.05) is 17.7 Å². The van der Waals surface area contributed by atoms with Gasteiger partial charge in [0.15, 0.2) is 5.65 Å². The number of hydrogen-bond donors (Lipinski definition) is 2. The number of sulfonamides is 1. The van der Waals surface area contributed by atoms with Crippen LogP contribution in [0, 0.1) is 18.2 Å². The SMILES string of the molecule is Cc1ccc(Cl)c(Nc2c(C(=O)N3CC4(C3)CN(c3ccc(F)cc3)C4)cnc3c(S(N)(=O)=O)cnn23)c1. The predicted octanol–water partition coefficient (Wildman–Crippen LogP) is 3.18. The Kier molecular flexibility index (Phi) is 5.60. The minimum absolute atomic E-state index is 0.00987. The number of amides is 1. The molecule has 1 amide bonds. The molecule has 10 nitrogen and oxygen atoms in total. The molecule has 2 saturated heterocycles. The Bertz CT molecular complexity index is 1690. The molecule has 2 aromatic carbocycles. The van der Waals surface area contributed by atoms with Crippen LogP contribution in [0.1, 0.15) is 15.9 Å². The van der Waals surface area contributed by atoms with Gasteiger partial charge in [0, 0.05) is 43.5 Å². The molecule has 38 heavy (non-hydrogen) atoms. The van der Waals surface area contributed by atoms with Gasteiger partial charge in [0.2, 0.25) is 10.0 Å². The van der Waals surface area contributed by atoms with Crippen molar-refractivity contribution in [1.82, 2.24) is 19.5 Å². The summed E-state index contributed by atoms with van der Waals surface area (Å²) in [5, 5.41) is 13.1. The van der Waals surface area contributed by atoms with Gasteiger partial charge in [0.25, 0.3) is 5.91 Å². The molecular weight excluding hydrogens is 533 g/mol. The predicted molar refractivity (Wildman–Crippen MR) is 141 cm³/mol. The van der Waals surface area contributed by atoms with E-state index >= 15 is 0 Å². The molecule has 13 heteroatoms. The van der Waals surface area contributed by atoms with Crippen LogP contribution in [-0.2, 0) is 10.0 Å². The molecule has 6 rings (SSSR count). The standard InChI is InChI=1S/C25H23ClFN7O3S/c1-15-2-7-19(26)20(8-15)31-22-18(9-29-23-21(38(28,36)37)10-30-34(22)23)24(35)33-13-25(14-33)11-32(12-25)17-5-3-16(27)4-6-17/h2-10,31H,11-14H2,1H3,(H2,28,36,37). The second-order valence-electron chi connectivity index (χ2n) is 9.91. The summed E-state index contributed by atoms with van der Waals surface area (Å²) in [6.07, 6.45) is 2.43. The molecule has 0 bridgehead atoms. The number of aryl methyl sites for hydroxylation is 1. The average molecular weight is 556 g/mol. The quantitative estimate of drug-likeness (QED) is 0.387. The van der Waals surface area contributed by atoms with Crippen LogP contribution in [0.2, 0.25) is 5.02 Å². The Morgan fingerprint density at radius 3 is 2.50 bits per heavy atom. The number of carbonyl (C=O) groups is 1. The van der Waals surface area contributed by atoms with Gasteiger partial charge in [-0.25, -0.2) is 22.9 Å². The number of nitrogens with two attached hydrogens (primary N) is 1. The number of anilines is 3. The first-order valence-electron chi connectivity index (χ1n) is 11.8. The first-order chi connectivity index (χ1) is 18.0. The zero-order valence-electron chi connectivity index (χ0n) is 20.2. The molecule has 1 spiro atoms. The van der Waals surface area contributed by atoms with Gasteiger partial charge >= 0.3 is 0 Å². The summed E-state index contributed by atoms with van der Waals surface area (Å²) < 4.78 is 38.6. The second kappa shape index (κ2) is 8.65. The molecule has 196 valence electrons. The van der Waals surface area contributed by atoms with Crippen LogP contribution in [0.5, 0.6) is 0 Å². The van der Waals surface area contributed by atoms with E-state index in [1.54, 1.807) is 23.1 Å². The number of primary sulfonamides is 1. The van der Waals surface area contributed by atoms with Crippen molar-refractivity contribution in [1.29, 1.82) is 0 Å². The van der Waals surface area contributed by atoms with Crippen LogP contribution in [-0.4, -0.2) is 60.0 Å². The zero-order chi connectivity index (χ0) is 26.8. The highest BCUT2D eigenvalue weighted by atomic mass is 35.5. The van der Waals surface area contributed by atoms with E-state index in [9.17, 15) is 17.6 Å². The molecule has 4 aromatic rings. The number of carbonyl (C=O) groups excluding carboxylic acids is 1. The number of halogens is 2. The van der Waals surface area contributed by atoms with Crippen molar-refractivity contribution in [2.45, 2.75) is 11.8 Å². The van der Waals surface area contributed by atoms with E-state index in [-0.39, 0.29) is 39.1 Å². The van der Waals surface area contributed by atoms with Gasteiger partial charge in [-0.3, -0.25) is 4.79 Å². The summed E-state index contributed by atoms with van der Waals surface area (Å²) in [6, 6.07) is 11.8. The minimum atomic E-state index is -4.10. The molecule has 3 N–H and O–H groups in total. The van der Waals surface area contributed by atoms with Crippen molar-refractivity contribution in [2.24, 2.45) is 10.6 Å². The van der Waals surface area contributed by atoms with Gasteiger partial charge in [0.1, 0.15) is 22.1 Å². The Morgan fingerprint density at radius 1 is 1.11 bits per heavy atom. The molecule has 2 aromatic heterocycles. The monoisotopic (exact) mass is 555 g/mol. The van der Waals surface area contributed by atoms with Gasteiger partial charge in [-0.05, 0) is 48.9 Å². The second-order valence-corrected chi connectivity index (χ2v) is 11.8. The smallest absolute Gasteiger partial charge is 0.259 e. The van der Waals surface area contributed by atoms with Gasteiger partial charge < -0.3 is 15.1 Å². The van der Waals surface area contributed by atoms with Crippen LogP contribution in [0.3, 0.4) is 0 Å². The highest BCUT2D eigenvalue weighted by molar-refractivity contribution is 7.89. The van der Waals surface area contributed by atoms with Crippen molar-refractivity contribution in [3.63, 3.8) is 0 Å². The Hall–Kier alpha value is -3.74. The van der Waals surface area contributed by atoms with Crippen molar-refractivity contribution >= 4 is 50.4 Å². The van der Waals surface area contributed by atoms with Crippen LogP contribution in [0.4, 0.5) is 21.6 Å². The molecule has 0 radical (unpaired) electrons. The Balaban J connectivity index is 1.29. The maximum atomic E-state index is 13.6. The third-order valence-corrected chi connectivity index (χ3v) is 8.22. The summed E-state index contributed by atoms with van der Waals surface area (Å²) in [4.78, 5) is 21.5. The molecule has 0 aliphatic carbocycles. The lowest BCUT2D eigenvalue weighted by Gasteiger charge is -2.60. The minimum Gasteiger partial charge on any atom is -0.370 e. The van der Waals surface area contributed by atoms with Gasteiger partial charge in [-0.2, -0.15) is 9.61 Å². The maximum absolute atomic E-state index is 13.6. The number of rotatable bonds is 5. The summed E-state index contributed by atoms with van der Waals surface area (Å²) in [5.41, 5.74) is 2.58. The highest BCUT2D eigenvalue weighted by Crippen LogP contribution is 2.43. The van der Waals surface area contributed by atoms with E-state index in [1.165, 1.54) is 22.8 Å². The number of nitrogens with one attached hydrogen (secondary N) is 1. The fourth-order valence-electron chi connectivity index (χ4n) is 5.13. The fourth-order valence-corrected chi connectivity index (χ4v) is 5.88. The number of likely N-dealkylation sites (tertiary alicyclic amines) is 1. The van der Waals surface area contributed by atoms with E-state index < -0.39 is 10.0 Å². The highest BCUT2D eigenvalue weighted by Gasteiger charge is 2.53. The van der Waals surface area contributed by atoms with Gasteiger partial charge in [-0.15, -0.1) is 0 Å². The fraction of sp³-hybridized carbons (Fsp3) is 0.240. The number of fused-ring (bicyclic) bond motifs is 1. The van der Waals surface area contributed by atoms with E-state index in [1.807, 2.05) is 19.1 Å².